The molecule has 0 saturated carbocycles. The van der Waals surface area contributed by atoms with Crippen LogP contribution < -0.4 is 0 Å². The van der Waals surface area contributed by atoms with Crippen molar-refractivity contribution in [2.45, 2.75) is 38.9 Å². The Morgan fingerprint density at radius 2 is 1.94 bits per heavy atom. The number of alkyl halides is 3. The Kier molecular flexibility index (Phi) is 5.79. The van der Waals surface area contributed by atoms with Gasteiger partial charge in [-0.3, -0.25) is 9.89 Å². The summed E-state index contributed by atoms with van der Waals surface area (Å²) in [6.07, 6.45) is -4.66. The molecule has 0 aliphatic heterocycles. The summed E-state index contributed by atoms with van der Waals surface area (Å²) in [5.74, 6) is -0.115. The van der Waals surface area contributed by atoms with Gasteiger partial charge in [0, 0.05) is 11.0 Å². The van der Waals surface area contributed by atoms with Crippen molar-refractivity contribution in [3.63, 3.8) is 0 Å². The number of carbonyl (C=O) groups is 1. The number of hydrogen-bond donors (Lipinski definition) is 1. The van der Waals surface area contributed by atoms with Crippen molar-refractivity contribution < 1.29 is 22.4 Å². The first-order valence-electron chi connectivity index (χ1n) is 9.17. The average Bonchev–Trinajstić information content (AvgIpc) is 3.36. The summed E-state index contributed by atoms with van der Waals surface area (Å²) in [5, 5.41) is 23.0. The van der Waals surface area contributed by atoms with Crippen molar-refractivity contribution in [1.29, 1.82) is 5.26 Å². The van der Waals surface area contributed by atoms with Gasteiger partial charge in [-0.2, -0.15) is 28.6 Å². The molecule has 0 saturated heterocycles. The Morgan fingerprint density at radius 1 is 1.19 bits per heavy atom. The molecule has 1 amide bonds. The smallest absolute Gasteiger partial charge is 0.417 e. The summed E-state index contributed by atoms with van der Waals surface area (Å²) in [7, 11) is 0. The third kappa shape index (κ3) is 5.06. The number of halogens is 3. The lowest BCUT2D eigenvalue weighted by atomic mass is 9.92. The number of nitrogens with one attached hydrogen (secondary N) is 1. The van der Waals surface area contributed by atoms with E-state index >= 15 is 0 Å². The molecule has 3 rings (SSSR count). The number of aromatic nitrogens is 2. The van der Waals surface area contributed by atoms with E-state index in [0.717, 1.165) is 12.1 Å². The minimum atomic E-state index is -4.66. The van der Waals surface area contributed by atoms with Crippen molar-refractivity contribution in [3.8, 4) is 17.4 Å². The molecule has 0 aliphatic carbocycles. The molecule has 0 spiro atoms. The van der Waals surface area contributed by atoms with Crippen LogP contribution in [-0.2, 0) is 18.1 Å². The van der Waals surface area contributed by atoms with Crippen LogP contribution in [0.5, 0.6) is 0 Å². The first kappa shape index (κ1) is 22.0. The highest BCUT2D eigenvalue weighted by atomic mass is 19.4. The number of azo groups is 1. The number of hydrogen-bond acceptors (Lipinski definition) is 5. The van der Waals surface area contributed by atoms with Gasteiger partial charge in [0.25, 0.3) is 0 Å². The number of carbonyl (C=O) groups excluding carboxylic acids is 1. The third-order valence-corrected chi connectivity index (χ3v) is 4.36. The van der Waals surface area contributed by atoms with Crippen LogP contribution in [0.4, 0.5) is 13.2 Å². The van der Waals surface area contributed by atoms with Crippen molar-refractivity contribution >= 4 is 5.91 Å². The highest BCUT2D eigenvalue weighted by Gasteiger charge is 2.34. The predicted molar refractivity (Wildman–Crippen MR) is 104 cm³/mol. The molecule has 1 N–H and O–H groups in total. The molecule has 160 valence electrons. The summed E-state index contributed by atoms with van der Waals surface area (Å²) in [5.41, 5.74) is -0.659. The van der Waals surface area contributed by atoms with Gasteiger partial charge in [0.2, 0.25) is 0 Å². The lowest BCUT2D eigenvalue weighted by Gasteiger charge is -2.13. The van der Waals surface area contributed by atoms with E-state index in [2.05, 4.69) is 20.4 Å². The molecule has 10 heteroatoms. The van der Waals surface area contributed by atoms with E-state index < -0.39 is 23.2 Å². The Morgan fingerprint density at radius 3 is 2.55 bits per heavy atom. The van der Waals surface area contributed by atoms with E-state index in [1.54, 1.807) is 6.07 Å². The number of H-pyrrole nitrogens is 1. The van der Waals surface area contributed by atoms with Crippen LogP contribution in [0.3, 0.4) is 0 Å². The number of nitriles is 1. The number of aromatic amines is 1. The number of nitrogens with zero attached hydrogens (tertiary/aromatic N) is 4. The van der Waals surface area contributed by atoms with Gasteiger partial charge in [-0.15, -0.1) is 5.11 Å². The van der Waals surface area contributed by atoms with E-state index in [4.69, 9.17) is 9.68 Å². The zero-order chi connectivity index (χ0) is 22.8. The van der Waals surface area contributed by atoms with Crippen molar-refractivity contribution in [3.05, 3.63) is 64.7 Å². The summed E-state index contributed by atoms with van der Waals surface area (Å²) in [4.78, 5) is 12.1. The summed E-state index contributed by atoms with van der Waals surface area (Å²) < 4.78 is 44.9. The van der Waals surface area contributed by atoms with E-state index in [9.17, 15) is 18.0 Å². The lowest BCUT2D eigenvalue weighted by Crippen LogP contribution is -2.11. The molecule has 31 heavy (non-hydrogen) atoms. The van der Waals surface area contributed by atoms with Gasteiger partial charge in [0.05, 0.1) is 22.9 Å². The summed E-state index contributed by atoms with van der Waals surface area (Å²) >= 11 is 0. The van der Waals surface area contributed by atoms with Crippen molar-refractivity contribution in [2.75, 3.05) is 0 Å². The second kappa shape index (κ2) is 8.18. The molecule has 7 nitrogen and oxygen atoms in total. The molecular weight excluding hydrogens is 411 g/mol. The van der Waals surface area contributed by atoms with Crippen LogP contribution in [-0.4, -0.2) is 16.1 Å². The van der Waals surface area contributed by atoms with E-state index in [1.807, 2.05) is 20.8 Å². The maximum absolute atomic E-state index is 13.1. The van der Waals surface area contributed by atoms with Crippen LogP contribution in [0.2, 0.25) is 0 Å². The summed E-state index contributed by atoms with van der Waals surface area (Å²) in [6, 6.07) is 9.47. The number of rotatable bonds is 4. The number of furan rings is 1. The van der Waals surface area contributed by atoms with Gasteiger partial charge in [-0.1, -0.05) is 20.8 Å². The Labute approximate surface area is 175 Å². The molecule has 1 aromatic carbocycles. The molecule has 2 heterocycles. The van der Waals surface area contributed by atoms with Crippen LogP contribution in [0.25, 0.3) is 11.3 Å². The molecule has 0 aliphatic rings. The zero-order valence-corrected chi connectivity index (χ0v) is 16.9. The standard InChI is InChI=1S/C21H18F3N5O2/c1-20(2,3)18-9-16(27-28-18)19(30)29-26-11-14-6-7-17(31-14)12-4-5-13(10-25)15(8-12)21(22,23)24/h4-9H,11H2,1-3H3,(H,27,28)/b29-26+. The molecule has 0 radical (unpaired) electrons. The van der Waals surface area contributed by atoms with Crippen LogP contribution in [0.15, 0.2) is 51.0 Å². The van der Waals surface area contributed by atoms with Crippen LogP contribution in [0.1, 0.15) is 53.8 Å². The fourth-order valence-electron chi connectivity index (χ4n) is 2.69. The lowest BCUT2D eigenvalue weighted by molar-refractivity contribution is -0.137. The Bertz CT molecular complexity index is 1180. The maximum atomic E-state index is 13.1. The van der Waals surface area contributed by atoms with E-state index in [-0.39, 0.29) is 29.0 Å². The highest BCUT2D eigenvalue weighted by Crippen LogP contribution is 2.35. The van der Waals surface area contributed by atoms with Gasteiger partial charge >= 0.3 is 12.1 Å². The molecule has 0 fully saturated rings. The average molecular weight is 429 g/mol. The number of benzene rings is 1. The monoisotopic (exact) mass is 429 g/mol. The maximum Gasteiger partial charge on any atom is 0.417 e. The normalized spacial score (nSPS) is 12.3. The largest absolute Gasteiger partial charge is 0.459 e. The molecule has 3 aromatic rings. The van der Waals surface area contributed by atoms with Crippen molar-refractivity contribution in [1.82, 2.24) is 10.2 Å². The minimum absolute atomic E-state index is 0.0750. The van der Waals surface area contributed by atoms with Gasteiger partial charge in [0.1, 0.15) is 23.8 Å². The van der Waals surface area contributed by atoms with Gasteiger partial charge in [-0.05, 0) is 36.4 Å². The first-order chi connectivity index (χ1) is 14.5. The fourth-order valence-corrected chi connectivity index (χ4v) is 2.69. The number of amides is 1. The van der Waals surface area contributed by atoms with E-state index in [0.29, 0.717) is 11.5 Å². The fraction of sp³-hybridized carbons (Fsp3) is 0.286. The second-order valence-electron chi connectivity index (χ2n) is 7.76. The van der Waals surface area contributed by atoms with Crippen LogP contribution in [0, 0.1) is 11.3 Å². The van der Waals surface area contributed by atoms with E-state index in [1.165, 1.54) is 24.3 Å². The SMILES string of the molecule is CC(C)(C)c1cc(C(=O)/N=N/Cc2ccc(-c3ccc(C#N)c(C(F)(F)F)c3)o2)[nH]n1. The second-order valence-corrected chi connectivity index (χ2v) is 7.76. The zero-order valence-electron chi connectivity index (χ0n) is 16.9. The van der Waals surface area contributed by atoms with Crippen molar-refractivity contribution in [2.24, 2.45) is 10.2 Å². The van der Waals surface area contributed by atoms with Gasteiger partial charge in [0.15, 0.2) is 0 Å². The Hall–Kier alpha value is -3.74. The minimum Gasteiger partial charge on any atom is -0.459 e. The molecule has 0 unspecified atom stereocenters. The Balaban J connectivity index is 1.71. The van der Waals surface area contributed by atoms with Gasteiger partial charge in [-0.25, -0.2) is 0 Å². The molecule has 0 atom stereocenters. The molecule has 2 aromatic heterocycles. The quantitative estimate of drug-likeness (QED) is 0.541. The first-order valence-corrected chi connectivity index (χ1v) is 9.17. The van der Waals surface area contributed by atoms with Crippen LogP contribution >= 0.6 is 0 Å². The molecular formula is C21H18F3N5O2. The topological polar surface area (TPSA) is 107 Å². The predicted octanol–water partition coefficient (Wildman–Crippen LogP) is 5.65. The highest BCUT2D eigenvalue weighted by molar-refractivity contribution is 5.92. The third-order valence-electron chi connectivity index (χ3n) is 4.36. The van der Waals surface area contributed by atoms with Gasteiger partial charge < -0.3 is 4.42 Å². The summed E-state index contributed by atoms with van der Waals surface area (Å²) in [6.45, 7) is 5.80. The molecule has 0 bridgehead atoms.